The average molecular weight is 427 g/mol. The minimum Gasteiger partial charge on any atom is -0.495 e. The van der Waals surface area contributed by atoms with Gasteiger partial charge in [0.05, 0.1) is 25.9 Å². The lowest BCUT2D eigenvalue weighted by molar-refractivity contribution is 0.238. The Morgan fingerprint density at radius 2 is 1.84 bits per heavy atom. The van der Waals surface area contributed by atoms with Crippen molar-refractivity contribution in [3.8, 4) is 11.5 Å². The van der Waals surface area contributed by atoms with E-state index in [9.17, 15) is 0 Å². The molecular weight excluding hydrogens is 392 g/mol. The van der Waals surface area contributed by atoms with Gasteiger partial charge in [-0.25, -0.2) is 0 Å². The number of unbranched alkanes of at least 4 members (excludes halogenated alkanes) is 1. The van der Waals surface area contributed by atoms with E-state index in [1.807, 2.05) is 43.4 Å². The lowest BCUT2D eigenvalue weighted by atomic mass is 10.2. The molecule has 8 heteroatoms. The van der Waals surface area contributed by atoms with Crippen LogP contribution in [0, 0.1) is 0 Å². The predicted octanol–water partition coefficient (Wildman–Crippen LogP) is 3.35. The van der Waals surface area contributed by atoms with E-state index in [2.05, 4.69) is 32.4 Å². The van der Waals surface area contributed by atoms with Crippen molar-refractivity contribution < 1.29 is 9.47 Å². The van der Waals surface area contributed by atoms with Gasteiger partial charge >= 0.3 is 0 Å². The lowest BCUT2D eigenvalue weighted by Crippen LogP contribution is -2.46. The molecule has 1 heterocycles. The van der Waals surface area contributed by atoms with Crippen LogP contribution in [0.3, 0.4) is 0 Å². The fourth-order valence-corrected chi connectivity index (χ4v) is 3.85. The largest absolute Gasteiger partial charge is 0.495 e. The van der Waals surface area contributed by atoms with Gasteiger partial charge < -0.3 is 20.2 Å². The van der Waals surface area contributed by atoms with Crippen molar-refractivity contribution in [3.63, 3.8) is 0 Å². The van der Waals surface area contributed by atoms with Gasteiger partial charge in [0, 0.05) is 33.2 Å². The summed E-state index contributed by atoms with van der Waals surface area (Å²) in [5.41, 5.74) is 2.30. The topological polar surface area (TPSA) is 78.9 Å². The van der Waals surface area contributed by atoms with Crippen LogP contribution in [0.2, 0.25) is 0 Å². The van der Waals surface area contributed by atoms with Crippen LogP contribution in [0.15, 0.2) is 59.0 Å². The van der Waals surface area contributed by atoms with E-state index >= 15 is 0 Å². The molecule has 8 nitrogen and oxygen atoms in total. The first-order valence-corrected chi connectivity index (χ1v) is 10.8. The number of nitrogens with zero attached hydrogens (tertiary/aromatic N) is 5. The summed E-state index contributed by atoms with van der Waals surface area (Å²) in [4.78, 5) is 4.95. The van der Waals surface area contributed by atoms with Crippen molar-refractivity contribution >= 4 is 5.69 Å². The van der Waals surface area contributed by atoms with Crippen molar-refractivity contribution in [2.45, 2.75) is 19.4 Å². The van der Waals surface area contributed by atoms with Gasteiger partial charge in [0.15, 0.2) is 0 Å². The van der Waals surface area contributed by atoms with Crippen molar-refractivity contribution in [2.75, 3.05) is 58.4 Å². The second-order valence-electron chi connectivity index (χ2n) is 7.72. The molecule has 31 heavy (non-hydrogen) atoms. The van der Waals surface area contributed by atoms with Crippen LogP contribution in [0.1, 0.15) is 18.4 Å². The van der Waals surface area contributed by atoms with Gasteiger partial charge in [-0.3, -0.25) is 9.91 Å². The average Bonchev–Trinajstić information content (AvgIpc) is 2.79. The second kappa shape index (κ2) is 12.0. The molecule has 1 saturated heterocycles. The number of rotatable bonds is 11. The second-order valence-corrected chi connectivity index (χ2v) is 7.72. The highest BCUT2D eigenvalue weighted by atomic mass is 16.5. The Labute approximate surface area is 185 Å². The molecule has 1 aliphatic rings. The monoisotopic (exact) mass is 426 g/mol. The summed E-state index contributed by atoms with van der Waals surface area (Å²) in [6.45, 7) is 6.69. The number of benzene rings is 2. The zero-order valence-electron chi connectivity index (χ0n) is 18.6. The van der Waals surface area contributed by atoms with Crippen LogP contribution in [0.25, 0.3) is 0 Å². The quantitative estimate of drug-likeness (QED) is 0.257. The van der Waals surface area contributed by atoms with Gasteiger partial charge in [0.1, 0.15) is 11.5 Å². The molecule has 2 N–H and O–H groups in total. The maximum absolute atomic E-state index is 5.94. The van der Waals surface area contributed by atoms with E-state index < -0.39 is 0 Å². The summed E-state index contributed by atoms with van der Waals surface area (Å²) in [6.07, 6.45) is 2.17. The number of methoxy groups -OCH3 is 1. The van der Waals surface area contributed by atoms with E-state index in [1.165, 1.54) is 5.69 Å². The number of hydrogen-bond acceptors (Lipinski definition) is 6. The summed E-state index contributed by atoms with van der Waals surface area (Å²) >= 11 is 0. The van der Waals surface area contributed by atoms with Gasteiger partial charge in [0.2, 0.25) is 0 Å². The zero-order valence-corrected chi connectivity index (χ0v) is 18.6. The smallest absolute Gasteiger partial charge is 0.142 e. The summed E-state index contributed by atoms with van der Waals surface area (Å²) < 4.78 is 11.4. The predicted molar refractivity (Wildman–Crippen MR) is 123 cm³/mol. The first-order chi connectivity index (χ1) is 15.2. The number of hydrogen-bond donors (Lipinski definition) is 1. The Balaban J connectivity index is 1.33. The van der Waals surface area contributed by atoms with E-state index in [4.69, 9.17) is 15.3 Å². The van der Waals surface area contributed by atoms with Gasteiger partial charge in [-0.2, -0.15) is 0 Å². The van der Waals surface area contributed by atoms with Crippen LogP contribution in [-0.2, 0) is 6.54 Å². The fourth-order valence-electron chi connectivity index (χ4n) is 3.85. The molecule has 0 saturated carbocycles. The van der Waals surface area contributed by atoms with Crippen molar-refractivity contribution in [2.24, 2.45) is 16.3 Å². The summed E-state index contributed by atoms with van der Waals surface area (Å²) in [7, 11) is 3.57. The molecule has 1 aliphatic heterocycles. The van der Waals surface area contributed by atoms with Gasteiger partial charge in [0.25, 0.3) is 0 Å². The molecule has 1 fully saturated rings. The molecule has 0 amide bonds. The third-order valence-electron chi connectivity index (χ3n) is 5.45. The SMILES string of the molecule is COc1ccccc1N1CCN(CCCCOc2cccc(CN(C)/N=N\N)c2)CC1. The maximum Gasteiger partial charge on any atom is 0.142 e. The highest BCUT2D eigenvalue weighted by Gasteiger charge is 2.19. The van der Waals surface area contributed by atoms with Gasteiger partial charge in [-0.05, 0) is 49.2 Å². The Morgan fingerprint density at radius 1 is 1.03 bits per heavy atom. The number of nitrogens with two attached hydrogens (primary N) is 1. The number of piperazine rings is 1. The van der Waals surface area contributed by atoms with E-state index in [0.717, 1.165) is 69.2 Å². The molecule has 0 radical (unpaired) electrons. The van der Waals surface area contributed by atoms with Gasteiger partial charge in [-0.1, -0.05) is 34.7 Å². The molecule has 0 aliphatic carbocycles. The minimum absolute atomic E-state index is 0.638. The Hall–Kier alpha value is -3.00. The maximum atomic E-state index is 5.94. The standard InChI is InChI=1S/C23H34N6O2/c1-27(26-25-24)19-20-8-7-9-21(18-20)31-17-6-5-12-28-13-15-29(16-14-28)22-10-3-4-11-23(22)30-2/h3-4,7-11,18H,5-6,12-17,19H2,1-2H3,(H2,24,26). The van der Waals surface area contributed by atoms with Gasteiger partial charge in [-0.15, -0.1) is 0 Å². The molecule has 0 aromatic heterocycles. The molecule has 168 valence electrons. The van der Waals surface area contributed by atoms with Crippen LogP contribution in [0.4, 0.5) is 5.69 Å². The number of ether oxygens (including phenoxy) is 2. The number of anilines is 1. The highest BCUT2D eigenvalue weighted by Crippen LogP contribution is 2.28. The zero-order chi connectivity index (χ0) is 21.9. The molecule has 0 bridgehead atoms. The highest BCUT2D eigenvalue weighted by molar-refractivity contribution is 5.58. The van der Waals surface area contributed by atoms with Crippen LogP contribution in [-0.4, -0.2) is 63.4 Å². The summed E-state index contributed by atoms with van der Waals surface area (Å²) in [5.74, 6) is 6.93. The Bertz CT molecular complexity index is 823. The van der Waals surface area contributed by atoms with Crippen LogP contribution in [0.5, 0.6) is 11.5 Å². The van der Waals surface area contributed by atoms with E-state index in [-0.39, 0.29) is 0 Å². The molecule has 2 aromatic carbocycles. The molecule has 2 aromatic rings. The van der Waals surface area contributed by atoms with Crippen LogP contribution >= 0.6 is 0 Å². The summed E-state index contributed by atoms with van der Waals surface area (Å²) in [6, 6.07) is 16.3. The van der Waals surface area contributed by atoms with Crippen molar-refractivity contribution in [1.29, 1.82) is 0 Å². The summed E-state index contributed by atoms with van der Waals surface area (Å²) in [5, 5.41) is 8.78. The molecule has 3 rings (SSSR count). The third kappa shape index (κ3) is 7.03. The number of para-hydroxylation sites is 2. The fraction of sp³-hybridized carbons (Fsp3) is 0.478. The lowest BCUT2D eigenvalue weighted by Gasteiger charge is -2.36. The first kappa shape index (κ1) is 22.7. The third-order valence-corrected chi connectivity index (χ3v) is 5.45. The molecule has 0 unspecified atom stereocenters. The van der Waals surface area contributed by atoms with Crippen molar-refractivity contribution in [3.05, 3.63) is 54.1 Å². The van der Waals surface area contributed by atoms with E-state index in [0.29, 0.717) is 6.54 Å². The first-order valence-electron chi connectivity index (χ1n) is 10.8. The van der Waals surface area contributed by atoms with E-state index in [1.54, 1.807) is 12.1 Å². The van der Waals surface area contributed by atoms with Crippen LogP contribution < -0.4 is 20.2 Å². The normalized spacial score (nSPS) is 14.7. The molecule has 0 atom stereocenters. The minimum atomic E-state index is 0.638. The molecular formula is C23H34N6O2. The molecule has 0 spiro atoms. The Morgan fingerprint density at radius 3 is 2.61 bits per heavy atom. The Kier molecular flexibility index (Phi) is 8.78. The van der Waals surface area contributed by atoms with Crippen molar-refractivity contribution in [1.82, 2.24) is 9.91 Å².